The second-order valence-electron chi connectivity index (χ2n) is 4.70. The van der Waals surface area contributed by atoms with Crippen molar-refractivity contribution in [1.82, 2.24) is 0 Å². The molecule has 1 aromatic rings. The zero-order valence-electron chi connectivity index (χ0n) is 10.8. The van der Waals surface area contributed by atoms with Gasteiger partial charge in [-0.15, -0.1) is 0 Å². The largest absolute Gasteiger partial charge is 0.496 e. The van der Waals surface area contributed by atoms with Crippen molar-refractivity contribution >= 4 is 0 Å². The summed E-state index contributed by atoms with van der Waals surface area (Å²) in [5.41, 5.74) is 8.36. The van der Waals surface area contributed by atoms with Gasteiger partial charge in [-0.1, -0.05) is 24.6 Å². The molecule has 0 aliphatic carbocycles. The van der Waals surface area contributed by atoms with Gasteiger partial charge in [0.2, 0.25) is 0 Å². The topological polar surface area (TPSA) is 35.2 Å². The summed E-state index contributed by atoms with van der Waals surface area (Å²) >= 11 is 0. The van der Waals surface area contributed by atoms with E-state index in [0.29, 0.717) is 5.92 Å². The maximum absolute atomic E-state index is 5.79. The Bertz CT molecular complexity index is 334. The van der Waals surface area contributed by atoms with Crippen LogP contribution in [0.4, 0.5) is 0 Å². The molecule has 0 radical (unpaired) electrons. The highest BCUT2D eigenvalue weighted by Gasteiger charge is 2.12. The Morgan fingerprint density at radius 2 is 1.94 bits per heavy atom. The highest BCUT2D eigenvalue weighted by Crippen LogP contribution is 2.30. The molecule has 1 rings (SSSR count). The molecule has 2 atom stereocenters. The molecule has 0 saturated heterocycles. The van der Waals surface area contributed by atoms with E-state index in [-0.39, 0.29) is 6.04 Å². The molecule has 2 unspecified atom stereocenters. The Morgan fingerprint density at radius 1 is 1.25 bits per heavy atom. The fourth-order valence-corrected chi connectivity index (χ4v) is 1.91. The standard InChI is InChI=1S/C14H23NO/c1-10-5-8-14(16-4)13(9-10)11(2)6-7-12(3)15/h5,8-9,11-12H,6-7,15H2,1-4H3. The summed E-state index contributed by atoms with van der Waals surface area (Å²) in [5.74, 6) is 1.49. The van der Waals surface area contributed by atoms with Crippen molar-refractivity contribution in [3.63, 3.8) is 0 Å². The van der Waals surface area contributed by atoms with Crippen LogP contribution >= 0.6 is 0 Å². The Balaban J connectivity index is 2.80. The quantitative estimate of drug-likeness (QED) is 0.828. The number of hydrogen-bond acceptors (Lipinski definition) is 2. The maximum atomic E-state index is 5.79. The maximum Gasteiger partial charge on any atom is 0.122 e. The van der Waals surface area contributed by atoms with Gasteiger partial charge in [-0.05, 0) is 44.2 Å². The summed E-state index contributed by atoms with van der Waals surface area (Å²) < 4.78 is 5.40. The molecule has 2 N–H and O–H groups in total. The van der Waals surface area contributed by atoms with E-state index in [2.05, 4.69) is 32.9 Å². The number of nitrogens with two attached hydrogens (primary N) is 1. The summed E-state index contributed by atoms with van der Waals surface area (Å²) in [6.07, 6.45) is 2.16. The van der Waals surface area contributed by atoms with Crippen LogP contribution in [0.1, 0.15) is 43.7 Å². The first-order valence-corrected chi connectivity index (χ1v) is 5.94. The van der Waals surface area contributed by atoms with Crippen LogP contribution in [0, 0.1) is 6.92 Å². The van der Waals surface area contributed by atoms with E-state index in [1.807, 2.05) is 6.07 Å². The molecule has 0 aliphatic heterocycles. The van der Waals surface area contributed by atoms with Crippen molar-refractivity contribution in [3.8, 4) is 5.75 Å². The van der Waals surface area contributed by atoms with E-state index < -0.39 is 0 Å². The molecular weight excluding hydrogens is 198 g/mol. The number of rotatable bonds is 5. The van der Waals surface area contributed by atoms with E-state index in [9.17, 15) is 0 Å². The van der Waals surface area contributed by atoms with Crippen molar-refractivity contribution in [3.05, 3.63) is 29.3 Å². The lowest BCUT2D eigenvalue weighted by Crippen LogP contribution is -2.15. The van der Waals surface area contributed by atoms with Crippen LogP contribution in [0.25, 0.3) is 0 Å². The first kappa shape index (κ1) is 13.0. The Labute approximate surface area is 98.8 Å². The zero-order valence-corrected chi connectivity index (χ0v) is 10.8. The van der Waals surface area contributed by atoms with Gasteiger partial charge in [0, 0.05) is 6.04 Å². The van der Waals surface area contributed by atoms with Crippen LogP contribution in [0.2, 0.25) is 0 Å². The Hall–Kier alpha value is -1.02. The van der Waals surface area contributed by atoms with Crippen molar-refractivity contribution in [2.75, 3.05) is 7.11 Å². The summed E-state index contributed by atoms with van der Waals surface area (Å²) in [5, 5.41) is 0. The molecule has 0 aromatic heterocycles. The number of hydrogen-bond donors (Lipinski definition) is 1. The van der Waals surface area contributed by atoms with Gasteiger partial charge in [-0.2, -0.15) is 0 Å². The molecule has 1 aromatic carbocycles. The van der Waals surface area contributed by atoms with Crippen LogP contribution in [-0.2, 0) is 0 Å². The normalized spacial score (nSPS) is 14.6. The molecule has 0 amide bonds. The van der Waals surface area contributed by atoms with Crippen LogP contribution in [0.15, 0.2) is 18.2 Å². The minimum atomic E-state index is 0.276. The fourth-order valence-electron chi connectivity index (χ4n) is 1.91. The molecule has 2 nitrogen and oxygen atoms in total. The smallest absolute Gasteiger partial charge is 0.122 e. The third kappa shape index (κ3) is 3.53. The molecule has 0 heterocycles. The molecule has 2 heteroatoms. The van der Waals surface area contributed by atoms with Gasteiger partial charge < -0.3 is 10.5 Å². The average Bonchev–Trinajstić information content (AvgIpc) is 2.25. The Morgan fingerprint density at radius 3 is 2.50 bits per heavy atom. The number of methoxy groups -OCH3 is 1. The molecule has 0 fully saturated rings. The van der Waals surface area contributed by atoms with Gasteiger partial charge >= 0.3 is 0 Å². The molecule has 0 spiro atoms. The molecule has 0 saturated carbocycles. The van der Waals surface area contributed by atoms with Gasteiger partial charge in [-0.3, -0.25) is 0 Å². The SMILES string of the molecule is COc1ccc(C)cc1C(C)CCC(C)N. The van der Waals surface area contributed by atoms with Crippen molar-refractivity contribution in [1.29, 1.82) is 0 Å². The third-order valence-electron chi connectivity index (χ3n) is 2.97. The predicted octanol–water partition coefficient (Wildman–Crippen LogP) is 3.23. The second kappa shape index (κ2) is 5.90. The number of benzene rings is 1. The highest BCUT2D eigenvalue weighted by molar-refractivity contribution is 5.39. The van der Waals surface area contributed by atoms with Gasteiger partial charge in [0.1, 0.15) is 5.75 Å². The second-order valence-corrected chi connectivity index (χ2v) is 4.70. The highest BCUT2D eigenvalue weighted by atomic mass is 16.5. The third-order valence-corrected chi connectivity index (χ3v) is 2.97. The summed E-state index contributed by atoms with van der Waals surface area (Å²) in [6.45, 7) is 6.40. The van der Waals surface area contributed by atoms with E-state index in [1.54, 1.807) is 7.11 Å². The van der Waals surface area contributed by atoms with Crippen LogP contribution in [0.3, 0.4) is 0 Å². The number of aryl methyl sites for hydroxylation is 1. The van der Waals surface area contributed by atoms with E-state index in [0.717, 1.165) is 18.6 Å². The lowest BCUT2D eigenvalue weighted by atomic mass is 9.93. The van der Waals surface area contributed by atoms with E-state index in [1.165, 1.54) is 11.1 Å². The van der Waals surface area contributed by atoms with Gasteiger partial charge in [0.25, 0.3) is 0 Å². The van der Waals surface area contributed by atoms with Crippen LogP contribution in [-0.4, -0.2) is 13.2 Å². The van der Waals surface area contributed by atoms with Gasteiger partial charge in [0.05, 0.1) is 7.11 Å². The molecule has 16 heavy (non-hydrogen) atoms. The first-order chi connectivity index (χ1) is 7.54. The summed E-state index contributed by atoms with van der Waals surface area (Å²) in [4.78, 5) is 0. The van der Waals surface area contributed by atoms with E-state index in [4.69, 9.17) is 10.5 Å². The fraction of sp³-hybridized carbons (Fsp3) is 0.571. The lowest BCUT2D eigenvalue weighted by molar-refractivity contribution is 0.404. The van der Waals surface area contributed by atoms with Crippen molar-refractivity contribution in [2.24, 2.45) is 5.73 Å². The van der Waals surface area contributed by atoms with E-state index >= 15 is 0 Å². The van der Waals surface area contributed by atoms with Crippen LogP contribution < -0.4 is 10.5 Å². The summed E-state index contributed by atoms with van der Waals surface area (Å²) in [7, 11) is 1.73. The minimum absolute atomic E-state index is 0.276. The lowest BCUT2D eigenvalue weighted by Gasteiger charge is -2.17. The molecule has 0 bridgehead atoms. The molecular formula is C14H23NO. The number of ether oxygens (including phenoxy) is 1. The molecule has 0 aliphatic rings. The first-order valence-electron chi connectivity index (χ1n) is 5.94. The van der Waals surface area contributed by atoms with Gasteiger partial charge in [-0.25, -0.2) is 0 Å². The van der Waals surface area contributed by atoms with Gasteiger partial charge in [0.15, 0.2) is 0 Å². The summed E-state index contributed by atoms with van der Waals surface area (Å²) in [6, 6.07) is 6.62. The predicted molar refractivity (Wildman–Crippen MR) is 69.0 cm³/mol. The molecule has 90 valence electrons. The minimum Gasteiger partial charge on any atom is -0.496 e. The average molecular weight is 221 g/mol. The Kier molecular flexibility index (Phi) is 4.81. The van der Waals surface area contributed by atoms with Crippen molar-refractivity contribution in [2.45, 2.75) is 45.6 Å². The van der Waals surface area contributed by atoms with Crippen LogP contribution in [0.5, 0.6) is 5.75 Å². The monoisotopic (exact) mass is 221 g/mol. The zero-order chi connectivity index (χ0) is 12.1. The van der Waals surface area contributed by atoms with Crippen molar-refractivity contribution < 1.29 is 4.74 Å².